The minimum absolute atomic E-state index is 0.0532. The maximum atomic E-state index is 11.5. The normalized spacial score (nSPS) is 19.2. The zero-order valence-electron chi connectivity index (χ0n) is 11.4. The topological polar surface area (TPSA) is 66.3 Å². The van der Waals surface area contributed by atoms with E-state index < -0.39 is 5.97 Å². The van der Waals surface area contributed by atoms with Gasteiger partial charge in [-0.3, -0.25) is 0 Å². The predicted molar refractivity (Wildman–Crippen MR) is 77.2 cm³/mol. The van der Waals surface area contributed by atoms with Crippen LogP contribution in [0.5, 0.6) is 0 Å². The van der Waals surface area contributed by atoms with Crippen LogP contribution in [0.4, 0.5) is 5.69 Å². The third kappa shape index (κ3) is 2.09. The van der Waals surface area contributed by atoms with E-state index in [2.05, 4.69) is 22.0 Å². The largest absolute Gasteiger partial charge is 0.476 e. The number of fused-ring (bicyclic) bond motifs is 1. The number of aromatic carboxylic acids is 1. The molecule has 0 saturated carbocycles. The van der Waals surface area contributed by atoms with Crippen molar-refractivity contribution in [2.75, 3.05) is 11.4 Å². The second-order valence-electron chi connectivity index (χ2n) is 5.26. The van der Waals surface area contributed by atoms with Crippen molar-refractivity contribution in [1.82, 2.24) is 10.2 Å². The summed E-state index contributed by atoms with van der Waals surface area (Å²) in [6.45, 7) is 3.01. The van der Waals surface area contributed by atoms with Crippen LogP contribution < -0.4 is 4.90 Å². The van der Waals surface area contributed by atoms with Gasteiger partial charge in [-0.15, -0.1) is 10.2 Å². The third-order valence-electron chi connectivity index (χ3n) is 3.93. The molecule has 1 aliphatic rings. The molecule has 1 fully saturated rings. The van der Waals surface area contributed by atoms with Crippen LogP contribution in [0, 0.1) is 0 Å². The van der Waals surface area contributed by atoms with Gasteiger partial charge in [-0.25, -0.2) is 4.79 Å². The first-order valence-electron chi connectivity index (χ1n) is 6.94. The number of piperidine rings is 1. The monoisotopic (exact) mass is 271 g/mol. The Morgan fingerprint density at radius 2 is 2.10 bits per heavy atom. The number of benzene rings is 1. The van der Waals surface area contributed by atoms with Gasteiger partial charge in [0.15, 0.2) is 5.69 Å². The molecule has 0 amide bonds. The molecule has 5 heteroatoms. The molecule has 1 aliphatic heterocycles. The van der Waals surface area contributed by atoms with Crippen molar-refractivity contribution >= 4 is 22.6 Å². The van der Waals surface area contributed by atoms with Gasteiger partial charge in [0.2, 0.25) is 0 Å². The Kier molecular flexibility index (Phi) is 3.26. The lowest BCUT2D eigenvalue weighted by molar-refractivity contribution is 0.0690. The van der Waals surface area contributed by atoms with Crippen LogP contribution in [0.15, 0.2) is 24.3 Å². The summed E-state index contributed by atoms with van der Waals surface area (Å²) >= 11 is 0. The number of hydrogen-bond acceptors (Lipinski definition) is 4. The van der Waals surface area contributed by atoms with Crippen LogP contribution in [0.25, 0.3) is 10.9 Å². The Balaban J connectivity index is 2.24. The van der Waals surface area contributed by atoms with Crippen LogP contribution in [0.2, 0.25) is 0 Å². The van der Waals surface area contributed by atoms with E-state index in [1.54, 1.807) is 0 Å². The number of rotatable bonds is 2. The van der Waals surface area contributed by atoms with Gasteiger partial charge in [0, 0.05) is 18.0 Å². The van der Waals surface area contributed by atoms with Crippen LogP contribution >= 0.6 is 0 Å². The molecule has 0 radical (unpaired) electrons. The van der Waals surface area contributed by atoms with E-state index in [4.69, 9.17) is 0 Å². The summed E-state index contributed by atoms with van der Waals surface area (Å²) in [7, 11) is 0. The van der Waals surface area contributed by atoms with Crippen LogP contribution in [0.1, 0.15) is 36.7 Å². The van der Waals surface area contributed by atoms with E-state index >= 15 is 0 Å². The highest BCUT2D eigenvalue weighted by molar-refractivity contribution is 6.02. The highest BCUT2D eigenvalue weighted by Gasteiger charge is 2.26. The van der Waals surface area contributed by atoms with Crippen molar-refractivity contribution in [3.63, 3.8) is 0 Å². The molecule has 1 aromatic carbocycles. The first kappa shape index (κ1) is 12.8. The summed E-state index contributed by atoms with van der Waals surface area (Å²) in [6.07, 6.45) is 3.35. The van der Waals surface area contributed by atoms with Gasteiger partial charge < -0.3 is 10.0 Å². The number of carbonyl (C=O) groups is 1. The average Bonchev–Trinajstić information content (AvgIpc) is 2.46. The van der Waals surface area contributed by atoms with E-state index in [0.29, 0.717) is 6.04 Å². The fourth-order valence-electron chi connectivity index (χ4n) is 2.90. The smallest absolute Gasteiger partial charge is 0.358 e. The van der Waals surface area contributed by atoms with Gasteiger partial charge in [-0.2, -0.15) is 0 Å². The van der Waals surface area contributed by atoms with E-state index in [-0.39, 0.29) is 5.69 Å². The molecular weight excluding hydrogens is 254 g/mol. The lowest BCUT2D eigenvalue weighted by Crippen LogP contribution is -2.38. The first-order chi connectivity index (χ1) is 9.68. The van der Waals surface area contributed by atoms with Gasteiger partial charge in [-0.1, -0.05) is 18.2 Å². The number of aromatic nitrogens is 2. The van der Waals surface area contributed by atoms with E-state index in [0.717, 1.165) is 36.0 Å². The molecule has 1 aromatic heterocycles. The molecule has 1 atom stereocenters. The van der Waals surface area contributed by atoms with Crippen molar-refractivity contribution in [1.29, 1.82) is 0 Å². The fourth-order valence-corrected chi connectivity index (χ4v) is 2.90. The summed E-state index contributed by atoms with van der Waals surface area (Å²) in [5.74, 6) is -1.02. The molecule has 2 heterocycles. The van der Waals surface area contributed by atoms with Gasteiger partial charge in [-0.05, 0) is 32.3 Å². The number of anilines is 1. The lowest BCUT2D eigenvalue weighted by Gasteiger charge is -2.36. The number of hydrogen-bond donors (Lipinski definition) is 1. The molecule has 20 heavy (non-hydrogen) atoms. The molecule has 0 bridgehead atoms. The molecule has 5 nitrogen and oxygen atoms in total. The minimum atomic E-state index is -1.02. The average molecular weight is 271 g/mol. The number of carboxylic acids is 1. The van der Waals surface area contributed by atoms with Crippen molar-refractivity contribution in [2.45, 2.75) is 32.2 Å². The van der Waals surface area contributed by atoms with Crippen molar-refractivity contribution in [3.8, 4) is 0 Å². The van der Waals surface area contributed by atoms with Gasteiger partial charge in [0.1, 0.15) is 0 Å². The third-order valence-corrected chi connectivity index (χ3v) is 3.93. The maximum absolute atomic E-state index is 11.5. The Morgan fingerprint density at radius 3 is 2.85 bits per heavy atom. The highest BCUT2D eigenvalue weighted by atomic mass is 16.4. The maximum Gasteiger partial charge on any atom is 0.358 e. The van der Waals surface area contributed by atoms with Gasteiger partial charge in [0.05, 0.1) is 11.2 Å². The van der Waals surface area contributed by atoms with Crippen LogP contribution in [-0.4, -0.2) is 33.9 Å². The van der Waals surface area contributed by atoms with E-state index in [9.17, 15) is 9.90 Å². The van der Waals surface area contributed by atoms with E-state index in [1.165, 1.54) is 6.42 Å². The Hall–Kier alpha value is -2.17. The van der Waals surface area contributed by atoms with Crippen LogP contribution in [-0.2, 0) is 0 Å². The molecule has 3 rings (SSSR count). The zero-order valence-corrected chi connectivity index (χ0v) is 11.4. The summed E-state index contributed by atoms with van der Waals surface area (Å²) < 4.78 is 0. The summed E-state index contributed by atoms with van der Waals surface area (Å²) in [5.41, 5.74) is 1.51. The van der Waals surface area contributed by atoms with Crippen molar-refractivity contribution < 1.29 is 9.90 Å². The Bertz CT molecular complexity index is 657. The molecule has 1 unspecified atom stereocenters. The Labute approximate surface area is 117 Å². The minimum Gasteiger partial charge on any atom is -0.476 e. The quantitative estimate of drug-likeness (QED) is 0.909. The summed E-state index contributed by atoms with van der Waals surface area (Å²) in [5, 5.41) is 18.2. The SMILES string of the molecule is CC1CCCCN1c1c(C(=O)O)nnc2ccccc12. The molecule has 0 spiro atoms. The number of nitrogens with zero attached hydrogens (tertiary/aromatic N) is 3. The molecule has 0 aliphatic carbocycles. The van der Waals surface area contributed by atoms with Crippen LogP contribution in [0.3, 0.4) is 0 Å². The summed E-state index contributed by atoms with van der Waals surface area (Å²) in [4.78, 5) is 13.7. The highest BCUT2D eigenvalue weighted by Crippen LogP contribution is 2.32. The van der Waals surface area contributed by atoms with Crippen molar-refractivity contribution in [2.24, 2.45) is 0 Å². The van der Waals surface area contributed by atoms with Crippen molar-refractivity contribution in [3.05, 3.63) is 30.0 Å². The lowest BCUT2D eigenvalue weighted by atomic mass is 10.0. The predicted octanol–water partition coefficient (Wildman–Crippen LogP) is 2.71. The second kappa shape index (κ2) is 5.07. The fraction of sp³-hybridized carbons (Fsp3) is 0.400. The first-order valence-corrected chi connectivity index (χ1v) is 6.94. The zero-order chi connectivity index (χ0) is 14.1. The molecule has 104 valence electrons. The summed E-state index contributed by atoms with van der Waals surface area (Å²) in [6, 6.07) is 7.92. The van der Waals surface area contributed by atoms with Gasteiger partial charge >= 0.3 is 5.97 Å². The molecule has 2 aromatic rings. The van der Waals surface area contributed by atoms with Gasteiger partial charge in [0.25, 0.3) is 0 Å². The number of carboxylic acid groups (broad SMARTS) is 1. The standard InChI is InChI=1S/C15H17N3O2/c1-10-6-4-5-9-18(10)14-11-7-2-3-8-12(11)16-17-13(14)15(19)20/h2-3,7-8,10H,4-6,9H2,1H3,(H,19,20). The molecule has 1 N–H and O–H groups in total. The molecule has 1 saturated heterocycles. The second-order valence-corrected chi connectivity index (χ2v) is 5.26. The van der Waals surface area contributed by atoms with E-state index in [1.807, 2.05) is 24.3 Å². The Morgan fingerprint density at radius 1 is 1.30 bits per heavy atom. The molecular formula is C15H17N3O2.